The Bertz CT molecular complexity index is 777. The number of hydrazine groups is 1. The van der Waals surface area contributed by atoms with Crippen LogP contribution < -0.4 is 9.84 Å². The Morgan fingerprint density at radius 2 is 1.67 bits per heavy atom. The number of hydrogen-bond donors (Lipinski definition) is 2. The second-order valence-electron chi connectivity index (χ2n) is 5.31. The average molecular weight is 358 g/mol. The molecule has 0 aliphatic carbocycles. The molecule has 3 N–H and O–H groups in total. The van der Waals surface area contributed by atoms with Gasteiger partial charge in [0, 0.05) is 12.1 Å². The Kier molecular flexibility index (Phi) is 3.90. The summed E-state index contributed by atoms with van der Waals surface area (Å²) in [6.07, 6.45) is -4.42. The molecule has 1 unspecified atom stereocenters. The third-order valence-electron chi connectivity index (χ3n) is 3.63. The lowest BCUT2D eigenvalue weighted by atomic mass is 10.1. The maximum absolute atomic E-state index is 12.7. The van der Waals surface area contributed by atoms with Crippen LogP contribution in [0.2, 0.25) is 0 Å². The first kappa shape index (κ1) is 16.6. The number of hydrazone groups is 1. The van der Waals surface area contributed by atoms with Crippen molar-refractivity contribution in [2.75, 3.05) is 6.67 Å². The zero-order valence-corrected chi connectivity index (χ0v) is 13.0. The maximum atomic E-state index is 12.7. The summed E-state index contributed by atoms with van der Waals surface area (Å²) >= 11 is 6.65. The molecule has 126 valence electrons. The number of alkyl halides is 3. The molecule has 0 spiro atoms. The Hall–Kier alpha value is -2.29. The summed E-state index contributed by atoms with van der Waals surface area (Å²) < 4.78 is 37.8. The Balaban J connectivity index is 2.01. The predicted molar refractivity (Wildman–Crippen MR) is 84.6 cm³/mol. The highest BCUT2D eigenvalue weighted by Crippen LogP contribution is 2.35. The summed E-state index contributed by atoms with van der Waals surface area (Å²) in [7, 11) is 0. The lowest BCUT2D eigenvalue weighted by molar-refractivity contribution is -0.137. The fourth-order valence-electron chi connectivity index (χ4n) is 2.45. The van der Waals surface area contributed by atoms with Gasteiger partial charge < -0.3 is 5.11 Å². The van der Waals surface area contributed by atoms with Gasteiger partial charge >= 0.3 is 6.18 Å². The number of benzene rings is 2. The standard InChI is InChI=1S/C15H12ClF3N4O/c16-23(12-5-7-13(24)8-6-12)9-22(20)21-14(23)10-1-3-11(4-2-10)15(17,18)19/h1-8H,9,20H2/p+1. The SMILES string of the molecule is NN1C[N+](Cl)(c2ccc(O)cc2)C(c2ccc(C(F)(F)F)cc2)=N1. The lowest BCUT2D eigenvalue weighted by Gasteiger charge is -2.23. The second-order valence-corrected chi connectivity index (χ2v) is 5.89. The van der Waals surface area contributed by atoms with E-state index in [9.17, 15) is 18.3 Å². The van der Waals surface area contributed by atoms with Gasteiger partial charge in [-0.05, 0) is 36.4 Å². The van der Waals surface area contributed by atoms with Crippen molar-refractivity contribution in [3.8, 4) is 5.75 Å². The molecule has 0 bridgehead atoms. The molecule has 24 heavy (non-hydrogen) atoms. The van der Waals surface area contributed by atoms with Gasteiger partial charge in [-0.25, -0.2) is 5.84 Å². The van der Waals surface area contributed by atoms with E-state index >= 15 is 0 Å². The van der Waals surface area contributed by atoms with Gasteiger partial charge in [0.15, 0.2) is 17.5 Å². The van der Waals surface area contributed by atoms with Crippen molar-refractivity contribution in [1.82, 2.24) is 9.12 Å². The quantitative estimate of drug-likeness (QED) is 0.640. The zero-order valence-electron chi connectivity index (χ0n) is 12.2. The monoisotopic (exact) mass is 357 g/mol. The van der Waals surface area contributed by atoms with E-state index in [2.05, 4.69) is 5.10 Å². The molecule has 0 amide bonds. The summed E-state index contributed by atoms with van der Waals surface area (Å²) in [5.41, 5.74) is 0.229. The molecule has 1 aliphatic heterocycles. The molecule has 0 radical (unpaired) electrons. The summed E-state index contributed by atoms with van der Waals surface area (Å²) in [5, 5.41) is 14.6. The number of nitrogens with two attached hydrogens (primary N) is 1. The number of aromatic hydroxyl groups is 1. The predicted octanol–water partition coefficient (Wildman–Crippen LogP) is 3.38. The average Bonchev–Trinajstić information content (AvgIpc) is 2.83. The van der Waals surface area contributed by atoms with Gasteiger partial charge in [-0.2, -0.15) is 18.3 Å². The van der Waals surface area contributed by atoms with E-state index < -0.39 is 11.7 Å². The number of hydrogen-bond acceptors (Lipinski definition) is 4. The van der Waals surface area contributed by atoms with Gasteiger partial charge in [0.25, 0.3) is 5.84 Å². The van der Waals surface area contributed by atoms with Gasteiger partial charge in [-0.1, -0.05) is 5.10 Å². The van der Waals surface area contributed by atoms with Crippen molar-refractivity contribution in [1.29, 1.82) is 0 Å². The third-order valence-corrected chi connectivity index (χ3v) is 4.09. The van der Waals surface area contributed by atoms with Gasteiger partial charge in [0.2, 0.25) is 6.67 Å². The lowest BCUT2D eigenvalue weighted by Crippen LogP contribution is -2.46. The van der Waals surface area contributed by atoms with Gasteiger partial charge in [-0.15, -0.1) is 4.00 Å². The minimum atomic E-state index is -4.42. The van der Waals surface area contributed by atoms with E-state index in [0.29, 0.717) is 17.1 Å². The van der Waals surface area contributed by atoms with E-state index in [1.54, 1.807) is 12.1 Å². The van der Waals surface area contributed by atoms with Crippen molar-refractivity contribution in [2.45, 2.75) is 6.18 Å². The van der Waals surface area contributed by atoms with Crippen LogP contribution in [-0.4, -0.2) is 22.7 Å². The molecular formula is C15H13ClF3N4O+. The minimum absolute atomic E-state index is 0.0684. The van der Waals surface area contributed by atoms with Gasteiger partial charge in [0.1, 0.15) is 5.75 Å². The van der Waals surface area contributed by atoms with Crippen molar-refractivity contribution < 1.29 is 18.3 Å². The zero-order chi connectivity index (χ0) is 17.5. The van der Waals surface area contributed by atoms with Crippen LogP contribution in [-0.2, 0) is 6.18 Å². The number of phenolic OH excluding ortho intramolecular Hbond substituents is 1. The van der Waals surface area contributed by atoms with E-state index in [4.69, 9.17) is 17.6 Å². The molecule has 2 aromatic rings. The highest BCUT2D eigenvalue weighted by Gasteiger charge is 2.45. The molecule has 2 aromatic carbocycles. The topological polar surface area (TPSA) is 61.8 Å². The van der Waals surface area contributed by atoms with Crippen LogP contribution in [0.15, 0.2) is 53.6 Å². The van der Waals surface area contributed by atoms with Gasteiger partial charge in [0.05, 0.1) is 11.1 Å². The second kappa shape index (κ2) is 5.66. The first-order valence-electron chi connectivity index (χ1n) is 6.86. The van der Waals surface area contributed by atoms with E-state index in [1.165, 1.54) is 24.3 Å². The molecule has 0 aromatic heterocycles. The normalized spacial score (nSPS) is 21.0. The van der Waals surface area contributed by atoms with Crippen LogP contribution in [0.4, 0.5) is 18.9 Å². The van der Waals surface area contributed by atoms with E-state index in [-0.39, 0.29) is 16.4 Å². The summed E-state index contributed by atoms with van der Waals surface area (Å²) in [6, 6.07) is 10.7. The van der Waals surface area contributed by atoms with Crippen LogP contribution >= 0.6 is 11.8 Å². The molecule has 1 aliphatic rings. The molecule has 0 saturated carbocycles. The molecule has 5 nitrogen and oxygen atoms in total. The minimum Gasteiger partial charge on any atom is -0.508 e. The molecule has 0 saturated heterocycles. The molecule has 9 heteroatoms. The number of halogens is 4. The van der Waals surface area contributed by atoms with Crippen molar-refractivity contribution in [3.63, 3.8) is 0 Å². The fraction of sp³-hybridized carbons (Fsp3) is 0.133. The van der Waals surface area contributed by atoms with Crippen LogP contribution in [0.5, 0.6) is 5.75 Å². The molecule has 1 heterocycles. The van der Waals surface area contributed by atoms with Crippen molar-refractivity contribution in [3.05, 3.63) is 59.7 Å². The smallest absolute Gasteiger partial charge is 0.416 e. The summed E-state index contributed by atoms with van der Waals surface area (Å²) in [6.45, 7) is 0.0860. The molecule has 3 rings (SSSR count). The highest BCUT2D eigenvalue weighted by atomic mass is 35.5. The maximum Gasteiger partial charge on any atom is 0.416 e. The van der Waals surface area contributed by atoms with Crippen LogP contribution in [0, 0.1) is 0 Å². The number of phenols is 1. The fourth-order valence-corrected chi connectivity index (χ4v) is 2.81. The van der Waals surface area contributed by atoms with Crippen LogP contribution in [0.1, 0.15) is 11.1 Å². The number of quaternary nitrogens is 1. The number of rotatable bonds is 2. The summed E-state index contributed by atoms with van der Waals surface area (Å²) in [4.78, 5) is 0. The largest absolute Gasteiger partial charge is 0.508 e. The van der Waals surface area contributed by atoms with E-state index in [0.717, 1.165) is 17.3 Å². The van der Waals surface area contributed by atoms with Crippen molar-refractivity contribution >= 4 is 23.3 Å². The Morgan fingerprint density at radius 1 is 1.08 bits per heavy atom. The summed E-state index contributed by atoms with van der Waals surface area (Å²) in [5.74, 6) is 6.08. The van der Waals surface area contributed by atoms with E-state index in [1.807, 2.05) is 0 Å². The Morgan fingerprint density at radius 3 is 2.21 bits per heavy atom. The molecule has 0 fully saturated rings. The first-order chi connectivity index (χ1) is 11.2. The number of nitrogens with zero attached hydrogens (tertiary/aromatic N) is 3. The third kappa shape index (κ3) is 2.91. The molecular weight excluding hydrogens is 345 g/mol. The Labute approximate surface area is 140 Å². The molecule has 1 atom stereocenters. The highest BCUT2D eigenvalue weighted by molar-refractivity contribution is 6.35. The van der Waals surface area contributed by atoms with Crippen LogP contribution in [0.25, 0.3) is 0 Å². The number of amidine groups is 1. The van der Waals surface area contributed by atoms with Gasteiger partial charge in [-0.3, -0.25) is 0 Å². The first-order valence-corrected chi connectivity index (χ1v) is 7.20. The van der Waals surface area contributed by atoms with Crippen molar-refractivity contribution in [2.24, 2.45) is 10.9 Å². The van der Waals surface area contributed by atoms with Crippen LogP contribution in [0.3, 0.4) is 0 Å².